The van der Waals surface area contributed by atoms with Crippen LogP contribution in [0.1, 0.15) is 174 Å². The number of esters is 2. The van der Waals surface area contributed by atoms with Gasteiger partial charge in [0.2, 0.25) is 0 Å². The van der Waals surface area contributed by atoms with Crippen LogP contribution in [0.3, 0.4) is 0 Å². The lowest BCUT2D eigenvalue weighted by atomic mass is 10.0. The second-order valence-corrected chi connectivity index (χ2v) is 14.9. The predicted octanol–water partition coefficient (Wildman–Crippen LogP) is 9.89. The third-order valence-electron chi connectivity index (χ3n) is 8.45. The Balaban J connectivity index is 4.43. The number of carbonyl (C=O) groups is 3. The maximum Gasteiger partial charge on any atom is 0.472 e. The first-order chi connectivity index (χ1) is 24.6. The first-order valence-electron chi connectivity index (χ1n) is 19.9. The second-order valence-electron chi connectivity index (χ2n) is 13.4. The van der Waals surface area contributed by atoms with Gasteiger partial charge in [0.05, 0.1) is 13.2 Å². The summed E-state index contributed by atoms with van der Waals surface area (Å²) in [5.74, 6) is -2.39. The van der Waals surface area contributed by atoms with E-state index in [-0.39, 0.29) is 19.4 Å². The quantitative estimate of drug-likeness (QED) is 0.0239. The standard InChI is InChI=1S/C39H72NO10P/c1-3-5-7-9-11-13-15-17-19-20-22-24-26-28-30-37(41)47-32-35(33-48-51(45,46)49-34-36(40)39(43)44)50-38(42)31-29-27-25-23-21-18-16-14-12-10-8-6-4-2/h9,11,15,17,35-36H,3-8,10,12-14,16,18-34,40H2,1-2H3,(H,43,44)(H,45,46)/b11-9+,17-15+/t35-,36+/m1/s1. The molecular formula is C39H72NO10P. The molecule has 0 radical (unpaired) electrons. The lowest BCUT2D eigenvalue weighted by Crippen LogP contribution is -2.34. The summed E-state index contributed by atoms with van der Waals surface area (Å²) in [7, 11) is -4.71. The summed E-state index contributed by atoms with van der Waals surface area (Å²) in [6.45, 7) is 2.74. The molecular weight excluding hydrogens is 673 g/mol. The normalized spacial score (nSPS) is 14.1. The number of rotatable bonds is 37. The van der Waals surface area contributed by atoms with Gasteiger partial charge < -0.3 is 25.2 Å². The van der Waals surface area contributed by atoms with Crippen molar-refractivity contribution in [3.8, 4) is 0 Å². The Morgan fingerprint density at radius 2 is 1.06 bits per heavy atom. The van der Waals surface area contributed by atoms with E-state index in [1.54, 1.807) is 0 Å². The minimum atomic E-state index is -4.71. The molecule has 12 heteroatoms. The number of hydrogen-bond donors (Lipinski definition) is 3. The zero-order valence-electron chi connectivity index (χ0n) is 31.9. The largest absolute Gasteiger partial charge is 0.480 e. The minimum Gasteiger partial charge on any atom is -0.480 e. The van der Waals surface area contributed by atoms with Crippen LogP contribution in [0.2, 0.25) is 0 Å². The molecule has 0 bridgehead atoms. The van der Waals surface area contributed by atoms with Gasteiger partial charge in [-0.25, -0.2) is 4.57 Å². The third-order valence-corrected chi connectivity index (χ3v) is 9.40. The van der Waals surface area contributed by atoms with E-state index >= 15 is 0 Å². The average Bonchev–Trinajstić information content (AvgIpc) is 3.10. The van der Waals surface area contributed by atoms with E-state index in [1.165, 1.54) is 70.6 Å². The highest BCUT2D eigenvalue weighted by Gasteiger charge is 2.28. The molecule has 11 nitrogen and oxygen atoms in total. The first kappa shape index (κ1) is 49.0. The first-order valence-corrected chi connectivity index (χ1v) is 21.4. The fraction of sp³-hybridized carbons (Fsp3) is 0.821. The average molecular weight is 746 g/mol. The summed E-state index contributed by atoms with van der Waals surface area (Å²) in [5.41, 5.74) is 5.32. The highest BCUT2D eigenvalue weighted by atomic mass is 31.2. The van der Waals surface area contributed by atoms with Gasteiger partial charge in [0.15, 0.2) is 6.10 Å². The van der Waals surface area contributed by atoms with Gasteiger partial charge in [-0.3, -0.25) is 23.4 Å². The van der Waals surface area contributed by atoms with Crippen LogP contribution in [-0.2, 0) is 37.5 Å². The van der Waals surface area contributed by atoms with Gasteiger partial charge in [0.1, 0.15) is 12.6 Å². The van der Waals surface area contributed by atoms with Crippen LogP contribution in [0, 0.1) is 0 Å². The zero-order valence-corrected chi connectivity index (χ0v) is 32.8. The van der Waals surface area contributed by atoms with Crippen LogP contribution >= 0.6 is 7.82 Å². The SMILES string of the molecule is CCCC/C=C/C/C=C/CCCCCCCC(=O)OC[C@H](COP(=O)(O)OC[C@H](N)C(=O)O)OC(=O)CCCCCCCCCCCCCCC. The molecule has 0 saturated heterocycles. The van der Waals surface area contributed by atoms with Crippen LogP contribution in [0.15, 0.2) is 24.3 Å². The maximum absolute atomic E-state index is 12.6. The zero-order chi connectivity index (χ0) is 37.8. The van der Waals surface area contributed by atoms with Crippen LogP contribution in [0.25, 0.3) is 0 Å². The number of nitrogens with two attached hydrogens (primary N) is 1. The Labute approximate surface area is 309 Å². The van der Waals surface area contributed by atoms with Crippen molar-refractivity contribution in [3.63, 3.8) is 0 Å². The highest BCUT2D eigenvalue weighted by Crippen LogP contribution is 2.43. The number of carboxylic acids is 1. The molecule has 0 amide bonds. The Morgan fingerprint density at radius 3 is 1.59 bits per heavy atom. The number of ether oxygens (including phenoxy) is 2. The number of carbonyl (C=O) groups excluding carboxylic acids is 2. The summed E-state index contributed by atoms with van der Waals surface area (Å²) in [4.78, 5) is 45.8. The van der Waals surface area contributed by atoms with Crippen molar-refractivity contribution >= 4 is 25.7 Å². The van der Waals surface area contributed by atoms with Gasteiger partial charge in [-0.15, -0.1) is 0 Å². The molecule has 51 heavy (non-hydrogen) atoms. The maximum atomic E-state index is 12.6. The molecule has 0 aliphatic heterocycles. The van der Waals surface area contributed by atoms with Gasteiger partial charge in [-0.1, -0.05) is 147 Å². The highest BCUT2D eigenvalue weighted by molar-refractivity contribution is 7.47. The Hall–Kier alpha value is -2.04. The molecule has 3 atom stereocenters. The van der Waals surface area contributed by atoms with Crippen molar-refractivity contribution in [1.29, 1.82) is 0 Å². The number of carboxylic acid groups (broad SMARTS) is 1. The molecule has 4 N–H and O–H groups in total. The third kappa shape index (κ3) is 34.8. The molecule has 0 fully saturated rings. The Morgan fingerprint density at radius 1 is 0.608 bits per heavy atom. The minimum absolute atomic E-state index is 0.162. The van der Waals surface area contributed by atoms with Crippen molar-refractivity contribution in [3.05, 3.63) is 24.3 Å². The van der Waals surface area contributed by atoms with Gasteiger partial charge in [-0.2, -0.15) is 0 Å². The molecule has 298 valence electrons. The van der Waals surface area contributed by atoms with Gasteiger partial charge in [0.25, 0.3) is 0 Å². The van der Waals surface area contributed by atoms with Gasteiger partial charge >= 0.3 is 25.7 Å². The predicted molar refractivity (Wildman–Crippen MR) is 203 cm³/mol. The second kappa shape index (κ2) is 35.0. The Bertz CT molecular complexity index is 974. The van der Waals surface area contributed by atoms with Gasteiger partial charge in [-0.05, 0) is 38.5 Å². The summed E-state index contributed by atoms with van der Waals surface area (Å²) < 4.78 is 32.6. The monoisotopic (exact) mass is 745 g/mol. The van der Waals surface area contributed by atoms with Crippen molar-refractivity contribution in [2.24, 2.45) is 5.73 Å². The molecule has 0 spiro atoms. The summed E-state index contributed by atoms with van der Waals surface area (Å²) in [6.07, 6.45) is 33.8. The lowest BCUT2D eigenvalue weighted by molar-refractivity contribution is -0.161. The molecule has 0 aromatic heterocycles. The van der Waals surface area contributed by atoms with Crippen LogP contribution in [0.5, 0.6) is 0 Å². The van der Waals surface area contributed by atoms with Crippen LogP contribution < -0.4 is 5.73 Å². The topological polar surface area (TPSA) is 172 Å². The number of allylic oxidation sites excluding steroid dienone is 4. The number of phosphoric acid groups is 1. The molecule has 0 heterocycles. The van der Waals surface area contributed by atoms with Gasteiger partial charge in [0, 0.05) is 12.8 Å². The molecule has 0 saturated carbocycles. The number of phosphoric ester groups is 1. The fourth-order valence-electron chi connectivity index (χ4n) is 5.26. The summed E-state index contributed by atoms with van der Waals surface area (Å²) in [5, 5.41) is 8.86. The van der Waals surface area contributed by atoms with E-state index < -0.39 is 51.1 Å². The molecule has 0 aliphatic rings. The molecule has 0 aromatic rings. The number of hydrogen-bond acceptors (Lipinski definition) is 9. The summed E-state index contributed by atoms with van der Waals surface area (Å²) >= 11 is 0. The van der Waals surface area contributed by atoms with Crippen molar-refractivity contribution in [1.82, 2.24) is 0 Å². The lowest BCUT2D eigenvalue weighted by Gasteiger charge is -2.20. The fourth-order valence-corrected chi connectivity index (χ4v) is 6.04. The molecule has 0 rings (SSSR count). The van der Waals surface area contributed by atoms with E-state index in [4.69, 9.17) is 24.8 Å². The van der Waals surface area contributed by atoms with Crippen molar-refractivity contribution < 1.29 is 47.5 Å². The van der Waals surface area contributed by atoms with E-state index in [1.807, 2.05) is 0 Å². The van der Waals surface area contributed by atoms with E-state index in [9.17, 15) is 23.8 Å². The van der Waals surface area contributed by atoms with E-state index in [2.05, 4.69) is 42.7 Å². The van der Waals surface area contributed by atoms with Crippen molar-refractivity contribution in [2.45, 2.75) is 187 Å². The molecule has 0 aliphatic carbocycles. The Kier molecular flexibility index (Phi) is 33.6. The van der Waals surface area contributed by atoms with E-state index in [0.717, 1.165) is 64.2 Å². The van der Waals surface area contributed by atoms with Crippen LogP contribution in [-0.4, -0.2) is 59.9 Å². The van der Waals surface area contributed by atoms with E-state index in [0.29, 0.717) is 12.8 Å². The molecule has 1 unspecified atom stereocenters. The van der Waals surface area contributed by atoms with Crippen LogP contribution in [0.4, 0.5) is 0 Å². The van der Waals surface area contributed by atoms with Crippen molar-refractivity contribution in [2.75, 3.05) is 19.8 Å². The smallest absolute Gasteiger partial charge is 0.472 e. The summed E-state index contributed by atoms with van der Waals surface area (Å²) in [6, 6.07) is -1.52. The molecule has 0 aromatic carbocycles. The number of unbranched alkanes of at least 4 members (excludes halogenated alkanes) is 19. The number of aliphatic carboxylic acids is 1.